The van der Waals surface area contributed by atoms with Gasteiger partial charge in [0.25, 0.3) is 0 Å². The average Bonchev–Trinajstić information content (AvgIpc) is 3.17. The maximum atomic E-state index is 14.4. The molecule has 2 aliphatic rings. The summed E-state index contributed by atoms with van der Waals surface area (Å²) in [5.41, 5.74) is -1.01. The van der Waals surface area contributed by atoms with Crippen molar-refractivity contribution < 1.29 is 28.6 Å². The second-order valence-electron chi connectivity index (χ2n) is 7.37. The summed E-state index contributed by atoms with van der Waals surface area (Å²) in [5, 5.41) is 12.7. The SMILES string of the molecule is COC(=O)[C@]1(C)N[C@H](c2ccc(O)cc2)[C@H]2C(=O)N(c3ccccc3F)C(=O)[C@H]21. The van der Waals surface area contributed by atoms with E-state index in [1.165, 1.54) is 50.4 Å². The van der Waals surface area contributed by atoms with Crippen LogP contribution in [0.5, 0.6) is 5.75 Å². The number of phenols is 1. The van der Waals surface area contributed by atoms with Crippen molar-refractivity contribution >= 4 is 23.5 Å². The van der Waals surface area contributed by atoms with Gasteiger partial charge in [-0.1, -0.05) is 24.3 Å². The number of carbonyl (C=O) groups excluding carboxylic acids is 3. The van der Waals surface area contributed by atoms with Crippen LogP contribution in [0.15, 0.2) is 48.5 Å². The van der Waals surface area contributed by atoms with Crippen molar-refractivity contribution in [2.24, 2.45) is 11.8 Å². The van der Waals surface area contributed by atoms with Gasteiger partial charge in [-0.25, -0.2) is 9.29 Å². The number of halogens is 1. The number of aromatic hydroxyl groups is 1. The lowest BCUT2D eigenvalue weighted by Gasteiger charge is -2.28. The van der Waals surface area contributed by atoms with Crippen molar-refractivity contribution in [3.05, 3.63) is 59.9 Å². The highest BCUT2D eigenvalue weighted by Gasteiger charge is 2.67. The van der Waals surface area contributed by atoms with Gasteiger partial charge >= 0.3 is 5.97 Å². The molecular weight excluding hydrogens is 379 g/mol. The Morgan fingerprint density at radius 1 is 1.14 bits per heavy atom. The van der Waals surface area contributed by atoms with E-state index in [-0.39, 0.29) is 11.4 Å². The Hall–Kier alpha value is -3.26. The largest absolute Gasteiger partial charge is 0.508 e. The fourth-order valence-corrected chi connectivity index (χ4v) is 4.38. The molecule has 7 nitrogen and oxygen atoms in total. The standard InChI is InChI=1S/C21H19FN2O5/c1-21(20(28)29-2)16-15(17(23-21)11-7-9-12(25)10-8-11)18(26)24(19(16)27)14-6-4-3-5-13(14)22/h3-10,15-17,23,25H,1-2H3/t15-,16-,17+,21+/m0/s1. The van der Waals surface area contributed by atoms with Crippen LogP contribution < -0.4 is 10.2 Å². The molecule has 2 aromatic rings. The number of methoxy groups -OCH3 is 1. The van der Waals surface area contributed by atoms with Crippen LogP contribution in [0.25, 0.3) is 0 Å². The molecule has 29 heavy (non-hydrogen) atoms. The zero-order valence-corrected chi connectivity index (χ0v) is 15.8. The minimum Gasteiger partial charge on any atom is -0.508 e. The highest BCUT2D eigenvalue weighted by molar-refractivity contribution is 6.24. The monoisotopic (exact) mass is 398 g/mol. The third-order valence-corrected chi connectivity index (χ3v) is 5.74. The predicted molar refractivity (Wildman–Crippen MR) is 100 cm³/mol. The fourth-order valence-electron chi connectivity index (χ4n) is 4.38. The van der Waals surface area contributed by atoms with E-state index < -0.39 is 47.0 Å². The molecule has 2 aliphatic heterocycles. The van der Waals surface area contributed by atoms with Gasteiger partial charge in [-0.05, 0) is 36.8 Å². The first-order valence-corrected chi connectivity index (χ1v) is 9.07. The summed E-state index contributed by atoms with van der Waals surface area (Å²) in [6, 6.07) is 10.9. The van der Waals surface area contributed by atoms with E-state index >= 15 is 0 Å². The van der Waals surface area contributed by atoms with E-state index in [9.17, 15) is 23.9 Å². The first-order valence-electron chi connectivity index (χ1n) is 9.07. The molecule has 0 aliphatic carbocycles. The number of esters is 1. The number of para-hydroxylation sites is 1. The molecule has 2 N–H and O–H groups in total. The fraction of sp³-hybridized carbons (Fsp3) is 0.286. The number of nitrogens with zero attached hydrogens (tertiary/aromatic N) is 1. The summed E-state index contributed by atoms with van der Waals surface area (Å²) in [4.78, 5) is 40.0. The summed E-state index contributed by atoms with van der Waals surface area (Å²) in [7, 11) is 1.20. The minimum atomic E-state index is -1.48. The third-order valence-electron chi connectivity index (χ3n) is 5.74. The Bertz CT molecular complexity index is 1010. The number of nitrogens with one attached hydrogen (secondary N) is 1. The lowest BCUT2D eigenvalue weighted by atomic mass is 9.80. The van der Waals surface area contributed by atoms with Gasteiger partial charge in [0, 0.05) is 6.04 Å². The highest BCUT2D eigenvalue weighted by Crippen LogP contribution is 2.50. The van der Waals surface area contributed by atoms with Gasteiger partial charge in [-0.2, -0.15) is 0 Å². The van der Waals surface area contributed by atoms with Crippen LogP contribution in [0.1, 0.15) is 18.5 Å². The van der Waals surface area contributed by atoms with Crippen molar-refractivity contribution in [2.45, 2.75) is 18.5 Å². The molecule has 2 fully saturated rings. The second kappa shape index (κ2) is 6.66. The van der Waals surface area contributed by atoms with Crippen LogP contribution in [0.4, 0.5) is 10.1 Å². The number of imide groups is 1. The first kappa shape index (κ1) is 19.1. The van der Waals surface area contributed by atoms with Crippen molar-refractivity contribution in [3.63, 3.8) is 0 Å². The van der Waals surface area contributed by atoms with E-state index in [4.69, 9.17) is 4.74 Å². The topological polar surface area (TPSA) is 95.9 Å². The van der Waals surface area contributed by atoms with Gasteiger partial charge in [0.15, 0.2) is 0 Å². The van der Waals surface area contributed by atoms with Crippen LogP contribution >= 0.6 is 0 Å². The lowest BCUT2D eigenvalue weighted by molar-refractivity contribution is -0.151. The molecule has 4 atom stereocenters. The molecule has 2 aromatic carbocycles. The van der Waals surface area contributed by atoms with Crippen LogP contribution in [0, 0.1) is 17.7 Å². The number of fused-ring (bicyclic) bond motifs is 1. The Kier molecular flexibility index (Phi) is 4.38. The lowest BCUT2D eigenvalue weighted by Crippen LogP contribution is -2.54. The van der Waals surface area contributed by atoms with Crippen LogP contribution in [-0.4, -0.2) is 35.5 Å². The molecule has 0 aromatic heterocycles. The molecular formula is C21H19FN2O5. The van der Waals surface area contributed by atoms with Crippen molar-refractivity contribution in [3.8, 4) is 5.75 Å². The van der Waals surface area contributed by atoms with Crippen LogP contribution in [0.3, 0.4) is 0 Å². The summed E-state index contributed by atoms with van der Waals surface area (Å²) in [6.07, 6.45) is 0. The van der Waals surface area contributed by atoms with E-state index in [2.05, 4.69) is 5.32 Å². The Morgan fingerprint density at radius 2 is 1.79 bits per heavy atom. The number of rotatable bonds is 3. The van der Waals surface area contributed by atoms with E-state index in [1.807, 2.05) is 0 Å². The Morgan fingerprint density at radius 3 is 2.41 bits per heavy atom. The number of hydrogen-bond donors (Lipinski definition) is 2. The number of phenolic OH excluding ortho intramolecular Hbond substituents is 1. The number of ether oxygens (including phenoxy) is 1. The minimum absolute atomic E-state index is 0.0424. The van der Waals surface area contributed by atoms with Gasteiger partial charge in [-0.3, -0.25) is 19.7 Å². The van der Waals surface area contributed by atoms with E-state index in [0.29, 0.717) is 5.56 Å². The predicted octanol–water partition coefficient (Wildman–Crippen LogP) is 1.91. The first-order chi connectivity index (χ1) is 13.8. The average molecular weight is 398 g/mol. The molecule has 0 saturated carbocycles. The maximum absolute atomic E-state index is 14.4. The van der Waals surface area contributed by atoms with Crippen molar-refractivity contribution in [1.29, 1.82) is 0 Å². The third kappa shape index (κ3) is 2.71. The Labute approximate surface area is 166 Å². The smallest absolute Gasteiger partial charge is 0.326 e. The molecule has 2 heterocycles. The van der Waals surface area contributed by atoms with Gasteiger partial charge < -0.3 is 9.84 Å². The molecule has 150 valence electrons. The number of carbonyl (C=O) groups is 3. The molecule has 2 saturated heterocycles. The number of anilines is 1. The summed E-state index contributed by atoms with van der Waals surface area (Å²) in [5.74, 6) is -4.61. The van der Waals surface area contributed by atoms with Gasteiger partial charge in [-0.15, -0.1) is 0 Å². The highest BCUT2D eigenvalue weighted by atomic mass is 19.1. The summed E-state index contributed by atoms with van der Waals surface area (Å²) in [6.45, 7) is 1.51. The van der Waals surface area contributed by atoms with Crippen molar-refractivity contribution in [1.82, 2.24) is 5.32 Å². The second-order valence-corrected chi connectivity index (χ2v) is 7.37. The number of amides is 2. The zero-order chi connectivity index (χ0) is 20.9. The van der Waals surface area contributed by atoms with E-state index in [1.54, 1.807) is 12.1 Å². The van der Waals surface area contributed by atoms with Gasteiger partial charge in [0.05, 0.1) is 24.6 Å². The number of benzene rings is 2. The normalized spacial score (nSPS) is 28.5. The molecule has 0 radical (unpaired) electrons. The van der Waals surface area contributed by atoms with Crippen LogP contribution in [-0.2, 0) is 19.1 Å². The van der Waals surface area contributed by atoms with E-state index in [0.717, 1.165) is 4.90 Å². The number of hydrogen-bond acceptors (Lipinski definition) is 6. The molecule has 4 rings (SSSR count). The molecule has 0 unspecified atom stereocenters. The zero-order valence-electron chi connectivity index (χ0n) is 15.8. The quantitative estimate of drug-likeness (QED) is 0.606. The summed E-state index contributed by atoms with van der Waals surface area (Å²) >= 11 is 0. The molecule has 8 heteroatoms. The molecule has 2 amide bonds. The van der Waals surface area contributed by atoms with Gasteiger partial charge in [0.2, 0.25) is 11.8 Å². The Balaban J connectivity index is 1.84. The molecule has 0 bridgehead atoms. The van der Waals surface area contributed by atoms with Crippen LogP contribution in [0.2, 0.25) is 0 Å². The molecule has 0 spiro atoms. The van der Waals surface area contributed by atoms with Gasteiger partial charge in [0.1, 0.15) is 17.1 Å². The van der Waals surface area contributed by atoms with Crippen molar-refractivity contribution in [2.75, 3.05) is 12.0 Å². The maximum Gasteiger partial charge on any atom is 0.326 e. The summed E-state index contributed by atoms with van der Waals surface area (Å²) < 4.78 is 19.3.